The Balaban J connectivity index is 1.54. The fraction of sp³-hybridized carbons (Fsp3) is 0.278. The van der Waals surface area contributed by atoms with Crippen LogP contribution in [0.5, 0.6) is 0 Å². The van der Waals surface area contributed by atoms with Crippen LogP contribution in [0.15, 0.2) is 36.7 Å². The molecule has 24 heavy (non-hydrogen) atoms. The predicted molar refractivity (Wildman–Crippen MR) is 104 cm³/mol. The summed E-state index contributed by atoms with van der Waals surface area (Å²) < 4.78 is 0. The zero-order chi connectivity index (χ0) is 16.4. The van der Waals surface area contributed by atoms with Gasteiger partial charge < -0.3 is 10.6 Å². The van der Waals surface area contributed by atoms with Crippen LogP contribution in [0.25, 0.3) is 10.2 Å². The van der Waals surface area contributed by atoms with Gasteiger partial charge in [0.1, 0.15) is 17.0 Å². The van der Waals surface area contributed by atoms with E-state index >= 15 is 0 Å². The van der Waals surface area contributed by atoms with Crippen molar-refractivity contribution in [2.75, 3.05) is 5.32 Å². The average molecular weight is 355 g/mol. The van der Waals surface area contributed by atoms with Crippen molar-refractivity contribution in [1.29, 1.82) is 0 Å². The number of benzene rings is 1. The Hall–Kier alpha value is -2.05. The molecular weight excluding hydrogens is 336 g/mol. The molecule has 0 amide bonds. The highest BCUT2D eigenvalue weighted by molar-refractivity contribution is 7.80. The number of nitrogens with one attached hydrogen (secondary N) is 2. The lowest BCUT2D eigenvalue weighted by Gasteiger charge is -2.13. The largest absolute Gasteiger partial charge is 0.358 e. The van der Waals surface area contributed by atoms with Crippen molar-refractivity contribution in [2.24, 2.45) is 0 Å². The molecule has 1 aromatic carbocycles. The first-order chi connectivity index (χ1) is 11.8. The Labute approximate surface area is 150 Å². The van der Waals surface area contributed by atoms with Crippen LogP contribution < -0.4 is 10.6 Å². The van der Waals surface area contributed by atoms with Crippen molar-refractivity contribution < 1.29 is 0 Å². The van der Waals surface area contributed by atoms with E-state index in [0.29, 0.717) is 11.7 Å². The molecule has 4 rings (SSSR count). The normalized spacial score (nSPS) is 13.5. The molecule has 3 aromatic rings. The number of aryl methyl sites for hydroxylation is 2. The van der Waals surface area contributed by atoms with Crippen molar-refractivity contribution in [1.82, 2.24) is 15.3 Å². The van der Waals surface area contributed by atoms with E-state index in [1.807, 2.05) is 18.2 Å². The van der Waals surface area contributed by atoms with E-state index in [1.54, 1.807) is 17.7 Å². The fourth-order valence-electron chi connectivity index (χ4n) is 3.11. The molecule has 0 fully saturated rings. The monoisotopic (exact) mass is 354 g/mol. The minimum absolute atomic E-state index is 0.592. The quantitative estimate of drug-likeness (QED) is 0.695. The molecule has 1 aliphatic rings. The second-order valence-corrected chi connectivity index (χ2v) is 7.40. The first-order valence-corrected chi connectivity index (χ1v) is 9.38. The molecule has 0 spiro atoms. The first-order valence-electron chi connectivity index (χ1n) is 8.15. The van der Waals surface area contributed by atoms with E-state index in [2.05, 4.69) is 32.7 Å². The van der Waals surface area contributed by atoms with Gasteiger partial charge in [0, 0.05) is 11.4 Å². The standard InChI is InChI=1S/C18H18N4S2/c23-18(19-10-12-6-2-1-3-7-12)22-16-15-13-8-4-5-9-14(13)24-17(15)21-11-20-16/h1-3,6-7,11H,4-5,8-10H2,(H2,19,20,21,22,23). The number of nitrogens with zero attached hydrogens (tertiary/aromatic N) is 2. The molecular formula is C18H18N4S2. The summed E-state index contributed by atoms with van der Waals surface area (Å²) in [7, 11) is 0. The number of anilines is 1. The van der Waals surface area contributed by atoms with Gasteiger partial charge in [0.25, 0.3) is 0 Å². The van der Waals surface area contributed by atoms with Gasteiger partial charge in [-0.25, -0.2) is 9.97 Å². The molecule has 0 radical (unpaired) electrons. The number of thiocarbonyl (C=S) groups is 1. The van der Waals surface area contributed by atoms with Gasteiger partial charge in [-0.3, -0.25) is 0 Å². The lowest BCUT2D eigenvalue weighted by Crippen LogP contribution is -2.28. The summed E-state index contributed by atoms with van der Waals surface area (Å²) >= 11 is 7.24. The average Bonchev–Trinajstić information content (AvgIpc) is 3.00. The summed E-state index contributed by atoms with van der Waals surface area (Å²) in [6.45, 7) is 0.697. The predicted octanol–water partition coefficient (Wildman–Crippen LogP) is 4.06. The Morgan fingerprint density at radius 2 is 1.96 bits per heavy atom. The van der Waals surface area contributed by atoms with Crippen molar-refractivity contribution in [3.8, 4) is 0 Å². The third-order valence-electron chi connectivity index (χ3n) is 4.28. The van der Waals surface area contributed by atoms with Gasteiger partial charge in [-0.2, -0.15) is 0 Å². The van der Waals surface area contributed by atoms with Crippen molar-refractivity contribution >= 4 is 44.7 Å². The van der Waals surface area contributed by atoms with Gasteiger partial charge in [0.2, 0.25) is 0 Å². The Morgan fingerprint density at radius 3 is 2.83 bits per heavy atom. The van der Waals surface area contributed by atoms with Crippen LogP contribution in [-0.2, 0) is 19.4 Å². The van der Waals surface area contributed by atoms with Gasteiger partial charge in [0.15, 0.2) is 5.11 Å². The van der Waals surface area contributed by atoms with E-state index < -0.39 is 0 Å². The maximum absolute atomic E-state index is 5.45. The van der Waals surface area contributed by atoms with E-state index in [4.69, 9.17) is 12.2 Å². The molecule has 122 valence electrons. The minimum Gasteiger partial charge on any atom is -0.358 e. The molecule has 4 nitrogen and oxygen atoms in total. The number of hydrogen-bond acceptors (Lipinski definition) is 4. The maximum atomic E-state index is 5.45. The van der Waals surface area contributed by atoms with E-state index in [-0.39, 0.29) is 0 Å². The van der Waals surface area contributed by atoms with Crippen LogP contribution in [0, 0.1) is 0 Å². The second-order valence-electron chi connectivity index (χ2n) is 5.91. The highest BCUT2D eigenvalue weighted by Crippen LogP contribution is 2.38. The number of fused-ring (bicyclic) bond motifs is 3. The molecule has 0 unspecified atom stereocenters. The first kappa shape index (κ1) is 15.5. The topological polar surface area (TPSA) is 49.8 Å². The highest BCUT2D eigenvalue weighted by Gasteiger charge is 2.20. The van der Waals surface area contributed by atoms with Crippen LogP contribution in [0.3, 0.4) is 0 Å². The van der Waals surface area contributed by atoms with Crippen LogP contribution in [-0.4, -0.2) is 15.1 Å². The number of hydrogen-bond donors (Lipinski definition) is 2. The van der Waals surface area contributed by atoms with E-state index in [0.717, 1.165) is 28.9 Å². The number of rotatable bonds is 3. The summed E-state index contributed by atoms with van der Waals surface area (Å²) in [6, 6.07) is 10.2. The molecule has 6 heteroatoms. The summed E-state index contributed by atoms with van der Waals surface area (Å²) in [5, 5.41) is 8.26. The third-order valence-corrected chi connectivity index (χ3v) is 5.73. The van der Waals surface area contributed by atoms with Crippen LogP contribution >= 0.6 is 23.6 Å². The van der Waals surface area contributed by atoms with Gasteiger partial charge in [-0.15, -0.1) is 11.3 Å². The summed E-state index contributed by atoms with van der Waals surface area (Å²) in [5.41, 5.74) is 2.61. The minimum atomic E-state index is 0.592. The lowest BCUT2D eigenvalue weighted by atomic mass is 9.97. The van der Waals surface area contributed by atoms with E-state index in [1.165, 1.54) is 28.8 Å². The van der Waals surface area contributed by atoms with Crippen LogP contribution in [0.1, 0.15) is 28.8 Å². The van der Waals surface area contributed by atoms with Crippen molar-refractivity contribution in [3.05, 3.63) is 52.7 Å². The summed E-state index contributed by atoms with van der Waals surface area (Å²) in [6.07, 6.45) is 6.40. The number of thiophene rings is 1. The number of aromatic nitrogens is 2. The second kappa shape index (κ2) is 6.83. The van der Waals surface area contributed by atoms with Crippen LogP contribution in [0.4, 0.5) is 5.82 Å². The Bertz CT molecular complexity index is 873. The molecule has 0 aliphatic heterocycles. The summed E-state index contributed by atoms with van der Waals surface area (Å²) in [4.78, 5) is 11.4. The third kappa shape index (κ3) is 3.12. The zero-order valence-electron chi connectivity index (χ0n) is 13.2. The van der Waals surface area contributed by atoms with Gasteiger partial charge in [-0.1, -0.05) is 30.3 Å². The SMILES string of the molecule is S=C(NCc1ccccc1)Nc1ncnc2sc3c(c12)CCCC3. The fourth-order valence-corrected chi connectivity index (χ4v) is 4.51. The van der Waals surface area contributed by atoms with Crippen molar-refractivity contribution in [2.45, 2.75) is 32.2 Å². The van der Waals surface area contributed by atoms with Gasteiger partial charge in [-0.05, 0) is 49.0 Å². The molecule has 0 saturated carbocycles. The van der Waals surface area contributed by atoms with Gasteiger partial charge in [0.05, 0.1) is 5.39 Å². The van der Waals surface area contributed by atoms with Crippen molar-refractivity contribution in [3.63, 3.8) is 0 Å². The zero-order valence-corrected chi connectivity index (χ0v) is 14.8. The molecule has 0 bridgehead atoms. The molecule has 0 saturated heterocycles. The molecule has 1 aliphatic carbocycles. The lowest BCUT2D eigenvalue weighted by molar-refractivity contribution is 0.700. The Kier molecular flexibility index (Phi) is 4.40. The molecule has 2 aromatic heterocycles. The summed E-state index contributed by atoms with van der Waals surface area (Å²) in [5.74, 6) is 0.824. The van der Waals surface area contributed by atoms with Gasteiger partial charge >= 0.3 is 0 Å². The maximum Gasteiger partial charge on any atom is 0.172 e. The molecule has 0 atom stereocenters. The van der Waals surface area contributed by atoms with E-state index in [9.17, 15) is 0 Å². The van der Waals surface area contributed by atoms with Crippen LogP contribution in [0.2, 0.25) is 0 Å². The highest BCUT2D eigenvalue weighted by atomic mass is 32.1. The Morgan fingerprint density at radius 1 is 1.12 bits per heavy atom. The molecule has 2 N–H and O–H groups in total. The molecule has 2 heterocycles. The smallest absolute Gasteiger partial charge is 0.172 e.